The minimum Gasteiger partial charge on any atom is -0.442 e. The van der Waals surface area contributed by atoms with Crippen LogP contribution in [-0.2, 0) is 9.84 Å². The van der Waals surface area contributed by atoms with Crippen LogP contribution in [0.5, 0.6) is 0 Å². The lowest BCUT2D eigenvalue weighted by atomic mass is 9.98. The molecule has 4 rings (SSSR count). The summed E-state index contributed by atoms with van der Waals surface area (Å²) in [4.78, 5) is 0. The van der Waals surface area contributed by atoms with E-state index < -0.39 is 20.3 Å². The zero-order valence-corrected chi connectivity index (χ0v) is 13.9. The van der Waals surface area contributed by atoms with Gasteiger partial charge in [-0.25, -0.2) is 8.42 Å². The van der Waals surface area contributed by atoms with Crippen LogP contribution in [0, 0.1) is 11.3 Å². The highest BCUT2D eigenvalue weighted by Gasteiger charge is 2.51. The Morgan fingerprint density at radius 3 is 1.96 bits per heavy atom. The topological polar surface area (TPSA) is 97.1 Å². The number of hydrogen-bond donors (Lipinski definition) is 1. The molecule has 2 aromatic carbocycles. The molecule has 0 aliphatic carbocycles. The van der Waals surface area contributed by atoms with Gasteiger partial charge in [0.1, 0.15) is 27.9 Å². The summed E-state index contributed by atoms with van der Waals surface area (Å²) >= 11 is 0. The van der Waals surface area contributed by atoms with Crippen LogP contribution in [0.3, 0.4) is 0 Å². The monoisotopic (exact) mass is 350 g/mol. The molecule has 0 saturated heterocycles. The van der Waals surface area contributed by atoms with Gasteiger partial charge in [0, 0.05) is 5.56 Å². The largest absolute Gasteiger partial charge is 0.442 e. The van der Waals surface area contributed by atoms with Crippen molar-refractivity contribution < 1.29 is 12.8 Å². The number of rotatable bonds is 2. The zero-order valence-electron chi connectivity index (χ0n) is 13.1. The standard InChI is InChI=1S/C19H14N2O3S/c20-11-14-15-16(24-19(14)21)18(13-9-5-2-6-10-13)25(22,23)17(15)12-7-3-1-4-8-12/h1-10,17-18H,21H2/t17-,18-/m0/s1. The third-order valence-corrected chi connectivity index (χ3v) is 6.78. The predicted octanol–water partition coefficient (Wildman–Crippen LogP) is 3.34. The fourth-order valence-corrected chi connectivity index (χ4v) is 5.83. The molecule has 2 N–H and O–H groups in total. The number of nitriles is 1. The Kier molecular flexibility index (Phi) is 3.41. The molecule has 1 aromatic heterocycles. The molecule has 25 heavy (non-hydrogen) atoms. The van der Waals surface area contributed by atoms with Crippen LogP contribution in [0.25, 0.3) is 0 Å². The predicted molar refractivity (Wildman–Crippen MR) is 93.3 cm³/mol. The van der Waals surface area contributed by atoms with Crippen LogP contribution in [0.4, 0.5) is 5.88 Å². The molecule has 1 aliphatic heterocycles. The van der Waals surface area contributed by atoms with Crippen LogP contribution in [0.1, 0.15) is 38.5 Å². The number of furan rings is 1. The van der Waals surface area contributed by atoms with E-state index >= 15 is 0 Å². The van der Waals surface area contributed by atoms with Crippen LogP contribution >= 0.6 is 0 Å². The van der Waals surface area contributed by atoms with Gasteiger partial charge < -0.3 is 10.2 Å². The van der Waals surface area contributed by atoms with Crippen molar-refractivity contribution in [2.75, 3.05) is 5.73 Å². The van der Waals surface area contributed by atoms with Gasteiger partial charge in [0.25, 0.3) is 0 Å². The lowest BCUT2D eigenvalue weighted by molar-refractivity contribution is 0.526. The fourth-order valence-electron chi connectivity index (χ4n) is 3.45. The first-order valence-corrected chi connectivity index (χ1v) is 9.31. The van der Waals surface area contributed by atoms with E-state index in [1.165, 1.54) is 0 Å². The molecule has 0 saturated carbocycles. The second kappa shape index (κ2) is 5.50. The first-order chi connectivity index (χ1) is 12.1. The summed E-state index contributed by atoms with van der Waals surface area (Å²) in [6, 6.07) is 19.7. The van der Waals surface area contributed by atoms with Gasteiger partial charge in [-0.1, -0.05) is 60.7 Å². The smallest absolute Gasteiger partial charge is 0.208 e. The minimum atomic E-state index is -3.70. The summed E-state index contributed by atoms with van der Waals surface area (Å²) in [5, 5.41) is 7.54. The van der Waals surface area contributed by atoms with Crippen molar-refractivity contribution in [3.05, 3.63) is 88.7 Å². The van der Waals surface area contributed by atoms with Crippen molar-refractivity contribution >= 4 is 15.7 Å². The number of benzene rings is 2. The molecule has 0 radical (unpaired) electrons. The van der Waals surface area contributed by atoms with Gasteiger partial charge in [-0.3, -0.25) is 0 Å². The number of nitrogens with two attached hydrogens (primary N) is 1. The van der Waals surface area contributed by atoms with E-state index in [0.717, 1.165) is 0 Å². The number of nitrogens with zero attached hydrogens (tertiary/aromatic N) is 1. The van der Waals surface area contributed by atoms with Gasteiger partial charge in [0.15, 0.2) is 9.84 Å². The Hall–Kier alpha value is -3.04. The molecular weight excluding hydrogens is 336 g/mol. The van der Waals surface area contributed by atoms with Crippen LogP contribution in [0.2, 0.25) is 0 Å². The second-order valence-electron chi connectivity index (χ2n) is 5.90. The van der Waals surface area contributed by atoms with E-state index in [4.69, 9.17) is 10.2 Å². The molecule has 0 spiro atoms. The molecule has 0 unspecified atom stereocenters. The Balaban J connectivity index is 2.04. The molecule has 0 bridgehead atoms. The summed E-state index contributed by atoms with van der Waals surface area (Å²) < 4.78 is 32.3. The third-order valence-electron chi connectivity index (χ3n) is 4.47. The lowest BCUT2D eigenvalue weighted by Crippen LogP contribution is -2.15. The Bertz CT molecular complexity index is 1080. The summed E-state index contributed by atoms with van der Waals surface area (Å²) in [5.41, 5.74) is 7.51. The van der Waals surface area contributed by atoms with Crippen LogP contribution in [-0.4, -0.2) is 8.42 Å². The molecule has 3 aromatic rings. The number of nitrogen functional groups attached to an aromatic ring is 1. The summed E-state index contributed by atoms with van der Waals surface area (Å²) in [5.74, 6) is 0.207. The van der Waals surface area contributed by atoms with Crippen molar-refractivity contribution in [1.29, 1.82) is 5.26 Å². The van der Waals surface area contributed by atoms with E-state index in [2.05, 4.69) is 0 Å². The van der Waals surface area contributed by atoms with Crippen molar-refractivity contribution in [2.24, 2.45) is 0 Å². The molecule has 2 atom stereocenters. The highest BCUT2D eigenvalue weighted by molar-refractivity contribution is 7.92. The normalized spacial score (nSPS) is 20.8. The lowest BCUT2D eigenvalue weighted by Gasteiger charge is -2.15. The molecule has 1 aliphatic rings. The third kappa shape index (κ3) is 2.17. The van der Waals surface area contributed by atoms with Gasteiger partial charge in [0.05, 0.1) is 0 Å². The SMILES string of the molecule is N#Cc1c(N)oc2c1[C@H](c1ccccc1)S(=O)(=O)[C@H]2c1ccccc1. The van der Waals surface area contributed by atoms with E-state index in [1.807, 2.05) is 18.2 Å². The van der Waals surface area contributed by atoms with Gasteiger partial charge >= 0.3 is 0 Å². The maximum absolute atomic E-state index is 13.4. The van der Waals surface area contributed by atoms with Gasteiger partial charge in [-0.05, 0) is 11.1 Å². The average molecular weight is 350 g/mol. The van der Waals surface area contributed by atoms with E-state index in [9.17, 15) is 13.7 Å². The second-order valence-corrected chi connectivity index (χ2v) is 8.02. The van der Waals surface area contributed by atoms with Gasteiger partial charge in [-0.15, -0.1) is 0 Å². The average Bonchev–Trinajstić information content (AvgIpc) is 3.03. The Morgan fingerprint density at radius 2 is 1.44 bits per heavy atom. The first kappa shape index (κ1) is 15.5. The maximum Gasteiger partial charge on any atom is 0.208 e. The summed E-state index contributed by atoms with van der Waals surface area (Å²) in [6.45, 7) is 0. The number of fused-ring (bicyclic) bond motifs is 1. The molecule has 5 nitrogen and oxygen atoms in total. The van der Waals surface area contributed by atoms with Crippen molar-refractivity contribution in [1.82, 2.24) is 0 Å². The van der Waals surface area contributed by atoms with Gasteiger partial charge in [-0.2, -0.15) is 5.26 Å². The van der Waals surface area contributed by atoms with Crippen LogP contribution < -0.4 is 5.73 Å². The van der Waals surface area contributed by atoms with E-state index in [0.29, 0.717) is 16.7 Å². The number of hydrogen-bond acceptors (Lipinski definition) is 5. The zero-order chi connectivity index (χ0) is 17.6. The molecule has 0 amide bonds. The Morgan fingerprint density at radius 1 is 0.920 bits per heavy atom. The number of sulfone groups is 1. The van der Waals surface area contributed by atoms with E-state index in [1.54, 1.807) is 48.5 Å². The van der Waals surface area contributed by atoms with Crippen molar-refractivity contribution in [3.8, 4) is 6.07 Å². The fraction of sp³-hybridized carbons (Fsp3) is 0.105. The Labute approximate surface area is 145 Å². The van der Waals surface area contributed by atoms with Crippen LogP contribution in [0.15, 0.2) is 65.1 Å². The van der Waals surface area contributed by atoms with Crippen molar-refractivity contribution in [2.45, 2.75) is 10.5 Å². The molecule has 6 heteroatoms. The van der Waals surface area contributed by atoms with Crippen molar-refractivity contribution in [3.63, 3.8) is 0 Å². The summed E-state index contributed by atoms with van der Waals surface area (Å²) in [7, 11) is -3.70. The molecular formula is C19H14N2O3S. The first-order valence-electron chi connectivity index (χ1n) is 7.70. The molecule has 2 heterocycles. The summed E-state index contributed by atoms with van der Waals surface area (Å²) in [6.07, 6.45) is 0. The maximum atomic E-state index is 13.4. The van der Waals surface area contributed by atoms with E-state index in [-0.39, 0.29) is 17.2 Å². The molecule has 0 fully saturated rings. The highest BCUT2D eigenvalue weighted by atomic mass is 32.2. The molecule has 124 valence electrons. The van der Waals surface area contributed by atoms with Gasteiger partial charge in [0.2, 0.25) is 5.88 Å². The minimum absolute atomic E-state index is 0.0377. The number of anilines is 1. The highest BCUT2D eigenvalue weighted by Crippen LogP contribution is 2.54. The quantitative estimate of drug-likeness (QED) is 0.764.